The second-order valence-corrected chi connectivity index (χ2v) is 18.1. The summed E-state index contributed by atoms with van der Waals surface area (Å²) in [4.78, 5) is 23.1. The molecule has 0 aromatic rings. The molecule has 12 heteroatoms. The Morgan fingerprint density at radius 2 is 1.54 bits per heavy atom. The van der Waals surface area contributed by atoms with E-state index in [1.807, 2.05) is 6.92 Å². The van der Waals surface area contributed by atoms with Gasteiger partial charge in [-0.05, 0) is 89.4 Å². The summed E-state index contributed by atoms with van der Waals surface area (Å²) in [7, 11) is 1.75. The van der Waals surface area contributed by atoms with Crippen molar-refractivity contribution in [2.75, 3.05) is 7.11 Å². The Morgan fingerprint density at radius 3 is 2.17 bits per heavy atom. The van der Waals surface area contributed by atoms with Gasteiger partial charge in [0.25, 0.3) is 0 Å². The second-order valence-electron chi connectivity index (χ2n) is 18.1. The molecule has 5 rings (SSSR count). The van der Waals surface area contributed by atoms with Gasteiger partial charge in [-0.2, -0.15) is 0 Å². The lowest BCUT2D eigenvalue weighted by molar-refractivity contribution is -0.352. The van der Waals surface area contributed by atoms with Gasteiger partial charge in [0.2, 0.25) is 0 Å². The number of aliphatic hydroxyl groups excluding tert-OH is 2. The fraction of sp³-hybridized carbons (Fsp3) is 0.950. The number of hydrogen-bond donors (Lipinski definition) is 4. The first-order valence-corrected chi connectivity index (χ1v) is 20.0. The number of rotatable bonds is 13. The number of hydrogen-bond acceptors (Lipinski definition) is 10. The van der Waals surface area contributed by atoms with Crippen LogP contribution in [0.25, 0.3) is 0 Å². The molecule has 4 N–H and O–H groups in total. The number of carboxylic acids is 2. The Morgan fingerprint density at radius 1 is 0.846 bits per heavy atom. The van der Waals surface area contributed by atoms with Crippen LogP contribution in [0.5, 0.6) is 0 Å². The van der Waals surface area contributed by atoms with Crippen LogP contribution < -0.4 is 0 Å². The predicted octanol–water partition coefficient (Wildman–Crippen LogP) is 5.43. The van der Waals surface area contributed by atoms with Crippen LogP contribution in [-0.4, -0.2) is 111 Å². The Balaban J connectivity index is 1.24. The summed E-state index contributed by atoms with van der Waals surface area (Å²) in [5.74, 6) is -3.98. The van der Waals surface area contributed by atoms with Crippen LogP contribution in [0.2, 0.25) is 0 Å². The summed E-state index contributed by atoms with van der Waals surface area (Å²) in [6.07, 6.45) is 2.67. The van der Waals surface area contributed by atoms with E-state index in [0.717, 1.165) is 32.1 Å². The monoisotopic (exact) mass is 740 g/mol. The Hall–Kier alpha value is -1.38. The Kier molecular flexibility index (Phi) is 12.9. The molecule has 0 aromatic carbocycles. The quantitative estimate of drug-likeness (QED) is 0.189. The highest BCUT2D eigenvalue weighted by Crippen LogP contribution is 2.56. The molecule has 5 saturated heterocycles. The van der Waals surface area contributed by atoms with Crippen LogP contribution in [-0.2, 0) is 38.0 Å². The second kappa shape index (κ2) is 16.0. The summed E-state index contributed by atoms with van der Waals surface area (Å²) in [5.41, 5.74) is -1.21. The fourth-order valence-corrected chi connectivity index (χ4v) is 10.8. The maximum absolute atomic E-state index is 11.8. The van der Waals surface area contributed by atoms with Gasteiger partial charge in [0.05, 0.1) is 66.0 Å². The van der Waals surface area contributed by atoms with E-state index in [1.165, 1.54) is 0 Å². The van der Waals surface area contributed by atoms with Gasteiger partial charge in [-0.1, -0.05) is 41.5 Å². The molecular formula is C40H68O12. The van der Waals surface area contributed by atoms with E-state index in [1.54, 1.807) is 21.0 Å². The molecule has 0 bridgehead atoms. The van der Waals surface area contributed by atoms with Gasteiger partial charge in [0.15, 0.2) is 11.9 Å². The van der Waals surface area contributed by atoms with Crippen LogP contribution in [0.1, 0.15) is 120 Å². The van der Waals surface area contributed by atoms with Crippen LogP contribution in [0.4, 0.5) is 0 Å². The SMILES string of the molecule is CO[C@@H]1C[C@@H](C[C@H]2CC[C@H](C)[C@H]([C@@H](C)C(=O)O)O2)O[C@]2(O[C@](C)([C@H]3CC[C@@](C)([C@@H]4O[C@@H]([C@@H](O)[C@@H](C)C[C@@H](C)C(O)C(=O)O)C[C@@H]4C)O3)C[C@H]2C)[C@@H]1C. The third kappa shape index (κ3) is 8.11. The summed E-state index contributed by atoms with van der Waals surface area (Å²) < 4.78 is 40.4. The first kappa shape index (κ1) is 41.8. The van der Waals surface area contributed by atoms with Crippen molar-refractivity contribution in [3.05, 3.63) is 0 Å². The first-order chi connectivity index (χ1) is 24.2. The maximum Gasteiger partial charge on any atom is 0.332 e. The number of carbonyl (C=O) groups is 2. The molecule has 300 valence electrons. The molecule has 52 heavy (non-hydrogen) atoms. The largest absolute Gasteiger partial charge is 0.481 e. The zero-order chi connectivity index (χ0) is 38.5. The van der Waals surface area contributed by atoms with Crippen molar-refractivity contribution < 1.29 is 58.4 Å². The molecular weight excluding hydrogens is 672 g/mol. The maximum atomic E-state index is 11.8. The van der Waals surface area contributed by atoms with Crippen LogP contribution in [0.15, 0.2) is 0 Å². The lowest BCUT2D eigenvalue weighted by Crippen LogP contribution is -2.58. The third-order valence-electron chi connectivity index (χ3n) is 13.9. The average molecular weight is 741 g/mol. The van der Waals surface area contributed by atoms with Crippen molar-refractivity contribution in [1.82, 2.24) is 0 Å². The molecule has 1 unspecified atom stereocenters. The smallest absolute Gasteiger partial charge is 0.332 e. The number of aliphatic hydroxyl groups is 2. The van der Waals surface area contributed by atoms with Crippen LogP contribution in [0.3, 0.4) is 0 Å². The molecule has 12 nitrogen and oxygen atoms in total. The van der Waals surface area contributed by atoms with Crippen molar-refractivity contribution in [3.8, 4) is 0 Å². The Bertz CT molecular complexity index is 1250. The van der Waals surface area contributed by atoms with Gasteiger partial charge >= 0.3 is 11.9 Å². The molecule has 0 amide bonds. The summed E-state index contributed by atoms with van der Waals surface area (Å²) >= 11 is 0. The number of methoxy groups -OCH3 is 1. The molecule has 5 fully saturated rings. The third-order valence-corrected chi connectivity index (χ3v) is 13.9. The normalized spacial score (nSPS) is 46.9. The number of ether oxygens (including phenoxy) is 6. The van der Waals surface area contributed by atoms with Crippen molar-refractivity contribution in [3.63, 3.8) is 0 Å². The van der Waals surface area contributed by atoms with Gasteiger partial charge in [-0.25, -0.2) is 4.79 Å². The molecule has 5 aliphatic rings. The topological polar surface area (TPSA) is 170 Å². The van der Waals surface area contributed by atoms with Crippen LogP contribution in [0, 0.1) is 41.4 Å². The van der Waals surface area contributed by atoms with E-state index < -0.39 is 59.1 Å². The van der Waals surface area contributed by atoms with Gasteiger partial charge < -0.3 is 48.8 Å². The van der Waals surface area contributed by atoms with E-state index in [9.17, 15) is 30.0 Å². The molecule has 0 saturated carbocycles. The highest BCUT2D eigenvalue weighted by molar-refractivity contribution is 5.72. The van der Waals surface area contributed by atoms with Gasteiger partial charge in [0.1, 0.15) is 0 Å². The minimum atomic E-state index is -1.47. The van der Waals surface area contributed by atoms with E-state index in [0.29, 0.717) is 25.7 Å². The first-order valence-electron chi connectivity index (χ1n) is 20.0. The molecule has 1 spiro atoms. The van der Waals surface area contributed by atoms with Gasteiger partial charge in [-0.15, -0.1) is 0 Å². The lowest BCUT2D eigenvalue weighted by atomic mass is 9.78. The summed E-state index contributed by atoms with van der Waals surface area (Å²) in [6, 6.07) is 0. The molecule has 5 heterocycles. The highest BCUT2D eigenvalue weighted by Gasteiger charge is 2.65. The van der Waals surface area contributed by atoms with E-state index in [4.69, 9.17) is 28.4 Å². The molecule has 19 atom stereocenters. The zero-order valence-corrected chi connectivity index (χ0v) is 33.2. The summed E-state index contributed by atoms with van der Waals surface area (Å²) in [5, 5.41) is 40.1. The highest BCUT2D eigenvalue weighted by atomic mass is 16.7. The molecule has 5 aliphatic heterocycles. The van der Waals surface area contributed by atoms with E-state index >= 15 is 0 Å². The molecule has 0 aliphatic carbocycles. The lowest BCUT2D eigenvalue weighted by Gasteiger charge is -2.50. The van der Waals surface area contributed by atoms with E-state index in [-0.39, 0.29) is 66.2 Å². The zero-order valence-electron chi connectivity index (χ0n) is 33.2. The van der Waals surface area contributed by atoms with Gasteiger partial charge in [-0.3, -0.25) is 4.79 Å². The minimum absolute atomic E-state index is 0.0350. The predicted molar refractivity (Wildman–Crippen MR) is 191 cm³/mol. The Labute approximate surface area is 310 Å². The van der Waals surface area contributed by atoms with Crippen molar-refractivity contribution in [2.24, 2.45) is 41.4 Å². The number of aliphatic carboxylic acids is 2. The molecule has 0 radical (unpaired) electrons. The van der Waals surface area contributed by atoms with Crippen molar-refractivity contribution in [1.29, 1.82) is 0 Å². The van der Waals surface area contributed by atoms with E-state index in [2.05, 4.69) is 41.5 Å². The minimum Gasteiger partial charge on any atom is -0.481 e. The summed E-state index contributed by atoms with van der Waals surface area (Å²) in [6.45, 7) is 18.1. The fourth-order valence-electron chi connectivity index (χ4n) is 10.8. The van der Waals surface area contributed by atoms with Crippen LogP contribution >= 0.6 is 0 Å². The molecule has 0 aromatic heterocycles. The van der Waals surface area contributed by atoms with Gasteiger partial charge in [0, 0.05) is 31.8 Å². The van der Waals surface area contributed by atoms with Crippen molar-refractivity contribution >= 4 is 11.9 Å². The standard InChI is InChI=1S/C40H68O12/c1-20-11-12-27(48-34(20)25(6)36(43)44)17-28-18-29(47-10)26(7)40(50-28)24(5)19-39(9,52-40)31-13-14-38(8,51-31)35-23(4)16-30(49-35)32(41)21(2)15-22(3)33(42)37(45)46/h20-35,41-42H,11-19H2,1-10H3,(H,43,44)(H,45,46)/t20-,21-,22+,23-,24+,25+,26+,27+,28+,29+,30+,31+,32-,33?,34+,35+,38-,39-,40+/m0/s1. The number of carboxylic acid groups (broad SMARTS) is 2. The average Bonchev–Trinajstić information content (AvgIpc) is 3.76. The van der Waals surface area contributed by atoms with Crippen molar-refractivity contribution in [2.45, 2.75) is 192 Å².